The molecule has 0 radical (unpaired) electrons. The second kappa shape index (κ2) is 8.20. The van der Waals surface area contributed by atoms with Gasteiger partial charge >= 0.3 is 0 Å². The van der Waals surface area contributed by atoms with Crippen molar-refractivity contribution in [3.8, 4) is 0 Å². The van der Waals surface area contributed by atoms with Crippen LogP contribution >= 0.6 is 11.8 Å². The number of thioether (sulfide) groups is 1. The molecule has 21 heavy (non-hydrogen) atoms. The van der Waals surface area contributed by atoms with Crippen molar-refractivity contribution in [2.24, 2.45) is 5.92 Å². The second-order valence-corrected chi connectivity index (χ2v) is 9.30. The third-order valence-electron chi connectivity index (χ3n) is 3.82. The molecular weight excluding hydrogens is 302 g/mol. The van der Waals surface area contributed by atoms with Gasteiger partial charge in [0.1, 0.15) is 0 Å². The largest absolute Gasteiger partial charge is 0.301 e. The molecule has 1 aliphatic heterocycles. The summed E-state index contributed by atoms with van der Waals surface area (Å²) in [6, 6.07) is 10.5. The van der Waals surface area contributed by atoms with Gasteiger partial charge in [-0.25, -0.2) is 8.42 Å². The molecule has 1 aromatic rings. The molecule has 0 unspecified atom stereocenters. The fraction of sp³-hybridized carbons (Fsp3) is 0.625. The molecule has 1 heterocycles. The van der Waals surface area contributed by atoms with E-state index in [0.29, 0.717) is 17.4 Å². The van der Waals surface area contributed by atoms with Gasteiger partial charge in [0.2, 0.25) is 0 Å². The van der Waals surface area contributed by atoms with Crippen molar-refractivity contribution < 1.29 is 8.42 Å². The Kier molecular flexibility index (Phi) is 6.58. The van der Waals surface area contributed by atoms with Gasteiger partial charge in [0, 0.05) is 18.8 Å². The highest BCUT2D eigenvalue weighted by Gasteiger charge is 2.24. The van der Waals surface area contributed by atoms with Crippen LogP contribution in [-0.2, 0) is 16.4 Å². The summed E-state index contributed by atoms with van der Waals surface area (Å²) < 4.78 is 23.2. The smallest absolute Gasteiger partial charge is 0.150 e. The average molecular weight is 328 g/mol. The maximum absolute atomic E-state index is 11.6. The first-order valence-corrected chi connectivity index (χ1v) is 10.5. The zero-order chi connectivity index (χ0) is 15.1. The van der Waals surface area contributed by atoms with E-state index in [4.69, 9.17) is 0 Å². The van der Waals surface area contributed by atoms with Gasteiger partial charge < -0.3 is 4.90 Å². The van der Waals surface area contributed by atoms with Gasteiger partial charge in [0.15, 0.2) is 9.84 Å². The zero-order valence-electron chi connectivity index (χ0n) is 12.7. The van der Waals surface area contributed by atoms with Gasteiger partial charge in [0.05, 0.1) is 11.5 Å². The molecule has 1 saturated heterocycles. The van der Waals surface area contributed by atoms with Gasteiger partial charge in [-0.2, -0.15) is 11.8 Å². The molecule has 3 nitrogen and oxygen atoms in total. The van der Waals surface area contributed by atoms with E-state index in [-0.39, 0.29) is 0 Å². The maximum Gasteiger partial charge on any atom is 0.150 e. The fourth-order valence-corrected chi connectivity index (χ4v) is 5.84. The van der Waals surface area contributed by atoms with Crippen molar-refractivity contribution in [1.29, 1.82) is 0 Å². The normalized spacial score (nSPS) is 21.5. The Balaban J connectivity index is 1.61. The summed E-state index contributed by atoms with van der Waals surface area (Å²) in [7, 11) is -0.612. The van der Waals surface area contributed by atoms with Gasteiger partial charge in [-0.15, -0.1) is 0 Å². The first kappa shape index (κ1) is 16.8. The third-order valence-corrected chi connectivity index (χ3v) is 6.89. The Morgan fingerprint density at radius 2 is 2.05 bits per heavy atom. The van der Waals surface area contributed by atoms with Crippen LogP contribution in [0.15, 0.2) is 30.3 Å². The molecule has 1 fully saturated rings. The van der Waals surface area contributed by atoms with E-state index in [2.05, 4.69) is 36.2 Å². The summed E-state index contributed by atoms with van der Waals surface area (Å²) >= 11 is 1.89. The number of benzene rings is 1. The SMILES string of the molecule is CN(CCSC[C@@H]1CCCS(=O)(=O)C1)Cc1ccccc1. The van der Waals surface area contributed by atoms with Crippen LogP contribution in [0.5, 0.6) is 0 Å². The van der Waals surface area contributed by atoms with Crippen LogP contribution in [-0.4, -0.2) is 49.9 Å². The van der Waals surface area contributed by atoms with Crippen LogP contribution in [0.4, 0.5) is 0 Å². The van der Waals surface area contributed by atoms with E-state index in [1.807, 2.05) is 17.8 Å². The molecule has 0 spiro atoms. The van der Waals surface area contributed by atoms with Gasteiger partial charge in [-0.1, -0.05) is 30.3 Å². The van der Waals surface area contributed by atoms with Crippen LogP contribution in [0.3, 0.4) is 0 Å². The lowest BCUT2D eigenvalue weighted by molar-refractivity contribution is 0.348. The Labute approximate surface area is 133 Å². The van der Waals surface area contributed by atoms with E-state index in [1.54, 1.807) is 0 Å². The molecule has 0 N–H and O–H groups in total. The number of hydrogen-bond donors (Lipinski definition) is 0. The second-order valence-electron chi connectivity index (χ2n) is 5.92. The number of sulfone groups is 1. The molecule has 1 atom stereocenters. The van der Waals surface area contributed by atoms with E-state index < -0.39 is 9.84 Å². The molecule has 0 aromatic heterocycles. The van der Waals surface area contributed by atoms with Crippen molar-refractivity contribution in [2.75, 3.05) is 36.6 Å². The molecule has 118 valence electrons. The van der Waals surface area contributed by atoms with Crippen LogP contribution in [0.2, 0.25) is 0 Å². The van der Waals surface area contributed by atoms with Crippen molar-refractivity contribution >= 4 is 21.6 Å². The summed E-state index contributed by atoms with van der Waals surface area (Å²) in [4.78, 5) is 2.32. The Hall–Kier alpha value is -0.520. The predicted octanol–water partition coefficient (Wildman–Crippen LogP) is 2.68. The van der Waals surface area contributed by atoms with Crippen molar-refractivity contribution in [3.63, 3.8) is 0 Å². The summed E-state index contributed by atoms with van der Waals surface area (Å²) in [5.74, 6) is 3.22. The lowest BCUT2D eigenvalue weighted by atomic mass is 10.1. The molecule has 5 heteroatoms. The molecule has 0 aliphatic carbocycles. The number of rotatable bonds is 7. The quantitative estimate of drug-likeness (QED) is 0.722. The Bertz CT molecular complexity index is 516. The number of nitrogens with zero attached hydrogens (tertiary/aromatic N) is 1. The van der Waals surface area contributed by atoms with Gasteiger partial charge in [-0.3, -0.25) is 0 Å². The minimum atomic E-state index is -2.75. The van der Waals surface area contributed by atoms with Crippen LogP contribution in [0.25, 0.3) is 0 Å². The standard InChI is InChI=1S/C16H25NO2S2/c1-17(12-15-6-3-2-4-7-15)9-10-20-13-16-8-5-11-21(18,19)14-16/h2-4,6-7,16H,5,8-14H2,1H3/t16-/m0/s1. The van der Waals surface area contributed by atoms with Gasteiger partial charge in [0.25, 0.3) is 0 Å². The van der Waals surface area contributed by atoms with Gasteiger partial charge in [-0.05, 0) is 37.1 Å². The van der Waals surface area contributed by atoms with E-state index in [1.165, 1.54) is 5.56 Å². The van der Waals surface area contributed by atoms with Crippen LogP contribution in [0.1, 0.15) is 18.4 Å². The summed E-state index contributed by atoms with van der Waals surface area (Å²) in [6.07, 6.45) is 1.92. The van der Waals surface area contributed by atoms with Crippen LogP contribution in [0, 0.1) is 5.92 Å². The zero-order valence-corrected chi connectivity index (χ0v) is 14.3. The lowest BCUT2D eigenvalue weighted by Gasteiger charge is -2.22. The highest BCUT2D eigenvalue weighted by Crippen LogP contribution is 2.22. The van der Waals surface area contributed by atoms with Crippen LogP contribution < -0.4 is 0 Å². The molecule has 0 saturated carbocycles. The summed E-state index contributed by atoms with van der Waals surface area (Å²) in [5, 5.41) is 0. The molecule has 0 amide bonds. The lowest BCUT2D eigenvalue weighted by Crippen LogP contribution is -2.27. The first-order chi connectivity index (χ1) is 10.1. The summed E-state index contributed by atoms with van der Waals surface area (Å²) in [6.45, 7) is 2.01. The minimum Gasteiger partial charge on any atom is -0.301 e. The minimum absolute atomic E-state index is 0.369. The summed E-state index contributed by atoms with van der Waals surface area (Å²) in [5.41, 5.74) is 1.34. The monoisotopic (exact) mass is 327 g/mol. The van der Waals surface area contributed by atoms with Crippen molar-refractivity contribution in [1.82, 2.24) is 4.90 Å². The molecular formula is C16H25NO2S2. The Morgan fingerprint density at radius 3 is 2.76 bits per heavy atom. The molecule has 0 bridgehead atoms. The predicted molar refractivity (Wildman–Crippen MR) is 91.5 cm³/mol. The highest BCUT2D eigenvalue weighted by atomic mass is 32.2. The van der Waals surface area contributed by atoms with Crippen molar-refractivity contribution in [2.45, 2.75) is 19.4 Å². The molecule has 1 aromatic carbocycles. The van der Waals surface area contributed by atoms with E-state index in [0.717, 1.165) is 37.4 Å². The first-order valence-electron chi connectivity index (χ1n) is 7.56. The topological polar surface area (TPSA) is 37.4 Å². The third kappa shape index (κ3) is 6.41. The average Bonchev–Trinajstić information content (AvgIpc) is 2.44. The number of hydrogen-bond acceptors (Lipinski definition) is 4. The molecule has 1 aliphatic rings. The van der Waals surface area contributed by atoms with E-state index in [9.17, 15) is 8.42 Å². The fourth-order valence-electron chi connectivity index (χ4n) is 2.69. The van der Waals surface area contributed by atoms with E-state index >= 15 is 0 Å². The molecule has 2 rings (SSSR count). The Morgan fingerprint density at radius 1 is 1.29 bits per heavy atom. The maximum atomic E-state index is 11.6. The van der Waals surface area contributed by atoms with Crippen molar-refractivity contribution in [3.05, 3.63) is 35.9 Å². The highest BCUT2D eigenvalue weighted by molar-refractivity contribution is 7.99.